The first-order valence-electron chi connectivity index (χ1n) is 3.72. The molecule has 6 nitrogen and oxygen atoms in total. The van der Waals surface area contributed by atoms with E-state index in [9.17, 15) is 9.59 Å². The van der Waals surface area contributed by atoms with Gasteiger partial charge in [-0.15, -0.1) is 0 Å². The van der Waals surface area contributed by atoms with E-state index in [-0.39, 0.29) is 10.9 Å². The Morgan fingerprint density at radius 3 is 1.93 bits per heavy atom. The van der Waals surface area contributed by atoms with Gasteiger partial charge in [0.1, 0.15) is 0 Å². The Morgan fingerprint density at radius 2 is 1.53 bits per heavy atom. The van der Waals surface area contributed by atoms with Crippen molar-refractivity contribution in [2.45, 2.75) is 0 Å². The van der Waals surface area contributed by atoms with E-state index in [1.807, 2.05) is 0 Å². The van der Waals surface area contributed by atoms with E-state index in [0.717, 1.165) is 12.1 Å². The number of aromatic carboxylic acids is 2. The van der Waals surface area contributed by atoms with Gasteiger partial charge in [-0.2, -0.15) is 0 Å². The van der Waals surface area contributed by atoms with Crippen molar-refractivity contribution in [3.63, 3.8) is 0 Å². The SMILES string of the molecule is O=C(O)c1ccc(P(O)O)cc1C(=O)O. The van der Waals surface area contributed by atoms with Crippen molar-refractivity contribution in [1.82, 2.24) is 0 Å². The van der Waals surface area contributed by atoms with E-state index in [2.05, 4.69) is 0 Å². The molecule has 0 fully saturated rings. The zero-order valence-electron chi connectivity index (χ0n) is 7.28. The molecule has 0 unspecified atom stereocenters. The Hall–Kier alpha value is -1.49. The summed E-state index contributed by atoms with van der Waals surface area (Å²) in [5.41, 5.74) is -0.848. The number of benzene rings is 1. The lowest BCUT2D eigenvalue weighted by molar-refractivity contribution is 0.0651. The van der Waals surface area contributed by atoms with Gasteiger partial charge in [0.15, 0.2) is 8.38 Å². The maximum Gasteiger partial charge on any atom is 0.336 e. The van der Waals surface area contributed by atoms with Gasteiger partial charge < -0.3 is 20.0 Å². The lowest BCUT2D eigenvalue weighted by Gasteiger charge is -2.06. The molecule has 7 heteroatoms. The molecule has 4 N–H and O–H groups in total. The molecule has 1 aromatic rings. The molecule has 0 aliphatic carbocycles. The molecule has 80 valence electrons. The summed E-state index contributed by atoms with van der Waals surface area (Å²) >= 11 is 0. The standard InChI is InChI=1S/C8H7O6P/c9-7(10)5-2-1-4(15(13)14)3-6(5)8(11)12/h1-3,13-14H,(H,9,10)(H,11,12). The van der Waals surface area contributed by atoms with Crippen LogP contribution in [0.15, 0.2) is 18.2 Å². The number of carboxylic acids is 2. The average molecular weight is 230 g/mol. The minimum absolute atomic E-state index is 0.00704. The van der Waals surface area contributed by atoms with Crippen molar-refractivity contribution >= 4 is 25.6 Å². The quantitative estimate of drug-likeness (QED) is 0.543. The molecule has 0 bridgehead atoms. The molecule has 0 aliphatic rings. The van der Waals surface area contributed by atoms with Crippen LogP contribution in [0.3, 0.4) is 0 Å². The Bertz CT molecular complexity index is 414. The van der Waals surface area contributed by atoms with Gasteiger partial charge in [0.2, 0.25) is 0 Å². The predicted molar refractivity (Wildman–Crippen MR) is 51.4 cm³/mol. The van der Waals surface area contributed by atoms with Crippen molar-refractivity contribution in [3.8, 4) is 0 Å². The summed E-state index contributed by atoms with van der Waals surface area (Å²) in [4.78, 5) is 39.0. The molecule has 0 amide bonds. The molecule has 0 saturated carbocycles. The van der Waals surface area contributed by atoms with Gasteiger partial charge in [-0.25, -0.2) is 9.59 Å². The Kier molecular flexibility index (Phi) is 3.36. The van der Waals surface area contributed by atoms with Crippen LogP contribution < -0.4 is 5.30 Å². The molecule has 0 radical (unpaired) electrons. The monoisotopic (exact) mass is 230 g/mol. The summed E-state index contributed by atoms with van der Waals surface area (Å²) in [6.07, 6.45) is 0. The minimum atomic E-state index is -2.42. The van der Waals surface area contributed by atoms with Gasteiger partial charge >= 0.3 is 11.9 Å². The van der Waals surface area contributed by atoms with Crippen molar-refractivity contribution in [2.75, 3.05) is 0 Å². The molecule has 0 aromatic heterocycles. The number of carboxylic acid groups (broad SMARTS) is 2. The zero-order chi connectivity index (χ0) is 11.6. The highest BCUT2D eigenvalue weighted by Gasteiger charge is 2.18. The van der Waals surface area contributed by atoms with E-state index in [1.54, 1.807) is 0 Å². The third kappa shape index (κ3) is 2.50. The Morgan fingerprint density at radius 1 is 1.00 bits per heavy atom. The maximum absolute atomic E-state index is 10.7. The van der Waals surface area contributed by atoms with Gasteiger partial charge in [-0.1, -0.05) is 0 Å². The van der Waals surface area contributed by atoms with Crippen LogP contribution in [-0.4, -0.2) is 31.9 Å². The van der Waals surface area contributed by atoms with E-state index < -0.39 is 25.9 Å². The van der Waals surface area contributed by atoms with Gasteiger partial charge in [0.25, 0.3) is 0 Å². The van der Waals surface area contributed by atoms with E-state index >= 15 is 0 Å². The van der Waals surface area contributed by atoms with Gasteiger partial charge in [-0.3, -0.25) is 0 Å². The fourth-order valence-electron chi connectivity index (χ4n) is 1.02. The highest BCUT2D eigenvalue weighted by Crippen LogP contribution is 2.23. The Balaban J connectivity index is 3.33. The van der Waals surface area contributed by atoms with Gasteiger partial charge in [0, 0.05) is 5.30 Å². The smallest absolute Gasteiger partial charge is 0.336 e. The molecule has 0 spiro atoms. The first kappa shape index (κ1) is 11.6. The third-order valence-corrected chi connectivity index (χ3v) is 2.43. The molecule has 0 aliphatic heterocycles. The molecule has 1 rings (SSSR count). The fraction of sp³-hybridized carbons (Fsp3) is 0. The zero-order valence-corrected chi connectivity index (χ0v) is 8.18. The lowest BCUT2D eigenvalue weighted by atomic mass is 10.1. The minimum Gasteiger partial charge on any atom is -0.478 e. The topological polar surface area (TPSA) is 115 Å². The summed E-state index contributed by atoms with van der Waals surface area (Å²) in [7, 11) is -2.42. The van der Waals surface area contributed by atoms with E-state index in [0.29, 0.717) is 0 Å². The highest BCUT2D eigenvalue weighted by atomic mass is 31.2. The predicted octanol–water partition coefficient (Wildman–Crippen LogP) is 0.00480. The molecular weight excluding hydrogens is 223 g/mol. The average Bonchev–Trinajstić information content (AvgIpc) is 2.16. The van der Waals surface area contributed by atoms with E-state index in [1.165, 1.54) is 6.07 Å². The molecule has 0 atom stereocenters. The first-order valence-corrected chi connectivity index (χ1v) is 4.96. The summed E-state index contributed by atoms with van der Waals surface area (Å²) in [6, 6.07) is 3.14. The first-order chi connectivity index (χ1) is 6.93. The van der Waals surface area contributed by atoms with Crippen LogP contribution in [0.2, 0.25) is 0 Å². The summed E-state index contributed by atoms with van der Waals surface area (Å²) in [5.74, 6) is -2.80. The number of hydrogen-bond acceptors (Lipinski definition) is 4. The molecule has 0 heterocycles. The maximum atomic E-state index is 10.7. The molecule has 1 aromatic carbocycles. The normalized spacial score (nSPS) is 10.3. The van der Waals surface area contributed by atoms with Crippen LogP contribution in [0, 0.1) is 0 Å². The van der Waals surface area contributed by atoms with Crippen molar-refractivity contribution in [1.29, 1.82) is 0 Å². The summed E-state index contributed by atoms with van der Waals surface area (Å²) < 4.78 is 0. The van der Waals surface area contributed by atoms with Crippen molar-refractivity contribution < 1.29 is 29.6 Å². The fourth-order valence-corrected chi connectivity index (χ4v) is 1.47. The van der Waals surface area contributed by atoms with Crippen LogP contribution in [0.1, 0.15) is 20.7 Å². The largest absolute Gasteiger partial charge is 0.478 e. The van der Waals surface area contributed by atoms with E-state index in [4.69, 9.17) is 20.0 Å². The molecular formula is C8H7O6P. The number of carbonyl (C=O) groups is 2. The Labute approximate surface area is 85.3 Å². The molecule has 15 heavy (non-hydrogen) atoms. The second kappa shape index (κ2) is 4.35. The van der Waals surface area contributed by atoms with Crippen molar-refractivity contribution in [3.05, 3.63) is 29.3 Å². The van der Waals surface area contributed by atoms with Gasteiger partial charge in [0.05, 0.1) is 11.1 Å². The number of rotatable bonds is 3. The van der Waals surface area contributed by atoms with Crippen LogP contribution in [-0.2, 0) is 0 Å². The van der Waals surface area contributed by atoms with Crippen LogP contribution in [0.25, 0.3) is 0 Å². The summed E-state index contributed by atoms with van der Waals surface area (Å²) in [6.45, 7) is 0. The number of hydrogen-bond donors (Lipinski definition) is 4. The van der Waals surface area contributed by atoms with Crippen LogP contribution >= 0.6 is 8.38 Å². The van der Waals surface area contributed by atoms with Crippen LogP contribution in [0.5, 0.6) is 0 Å². The second-order valence-corrected chi connectivity index (χ2v) is 3.72. The lowest BCUT2D eigenvalue weighted by Crippen LogP contribution is -2.12. The third-order valence-electron chi connectivity index (χ3n) is 1.69. The van der Waals surface area contributed by atoms with Crippen LogP contribution in [0.4, 0.5) is 0 Å². The summed E-state index contributed by atoms with van der Waals surface area (Å²) in [5, 5.41) is 17.4. The van der Waals surface area contributed by atoms with Crippen molar-refractivity contribution in [2.24, 2.45) is 0 Å². The highest BCUT2D eigenvalue weighted by molar-refractivity contribution is 7.54. The second-order valence-electron chi connectivity index (χ2n) is 2.63. The van der Waals surface area contributed by atoms with Gasteiger partial charge in [-0.05, 0) is 18.2 Å². The molecule has 0 saturated heterocycles.